The number of hydrogen-bond donors (Lipinski definition) is 1. The molecule has 5 aromatic rings. The number of imidazole rings is 1. The van der Waals surface area contributed by atoms with E-state index in [4.69, 9.17) is 0 Å². The quantitative estimate of drug-likeness (QED) is 0.201. The highest BCUT2D eigenvalue weighted by molar-refractivity contribution is 6.09. The minimum Gasteiger partial charge on any atom is -0.872 e. The minimum atomic E-state index is -0.548. The van der Waals surface area contributed by atoms with Crippen molar-refractivity contribution >= 4 is 11.5 Å². The maximum atomic E-state index is 12.8. The molecule has 0 atom stereocenters. The molecule has 0 aliphatic heterocycles. The molecule has 0 aliphatic carbocycles. The number of H-pyrrole nitrogens is 1. The van der Waals surface area contributed by atoms with Gasteiger partial charge >= 0.3 is 0 Å². The summed E-state index contributed by atoms with van der Waals surface area (Å²) in [6.07, 6.45) is 0. The maximum Gasteiger partial charge on any atom is 0.270 e. The number of aromatic amines is 1. The number of nitro benzene ring substituents is 1. The van der Waals surface area contributed by atoms with Crippen LogP contribution in [0.25, 0.3) is 33.9 Å². The summed E-state index contributed by atoms with van der Waals surface area (Å²) in [7, 11) is 0. The number of nitro groups is 1. The number of non-ortho nitro benzene ring substituents is 1. The van der Waals surface area contributed by atoms with Crippen LogP contribution in [0.1, 0.15) is 15.9 Å². The Kier molecular flexibility index (Phi) is 5.65. The third-order valence-electron chi connectivity index (χ3n) is 5.65. The highest BCUT2D eigenvalue weighted by Crippen LogP contribution is 2.36. The van der Waals surface area contributed by atoms with Gasteiger partial charge in [-0.25, -0.2) is 4.98 Å². The third-order valence-corrected chi connectivity index (χ3v) is 5.65. The SMILES string of the molecule is O=C(c1ccccc1)c1ccc(-c2[nH]c(-c3cc([N+](=O)[O-])ccc3[O-])nc2-c2ccccc2)cc1. The number of nitrogens with zero attached hydrogens (tertiary/aromatic N) is 2. The lowest BCUT2D eigenvalue weighted by Crippen LogP contribution is -2.00. The van der Waals surface area contributed by atoms with Crippen molar-refractivity contribution in [3.63, 3.8) is 0 Å². The van der Waals surface area contributed by atoms with Gasteiger partial charge in [0.25, 0.3) is 5.69 Å². The molecule has 0 bridgehead atoms. The minimum absolute atomic E-state index is 0.0849. The Morgan fingerprint density at radius 2 is 1.40 bits per heavy atom. The van der Waals surface area contributed by atoms with Crippen molar-refractivity contribution in [1.29, 1.82) is 0 Å². The number of hydrogen-bond acceptors (Lipinski definition) is 5. The first-order valence-electron chi connectivity index (χ1n) is 10.8. The predicted molar refractivity (Wildman–Crippen MR) is 131 cm³/mol. The van der Waals surface area contributed by atoms with Crippen molar-refractivity contribution < 1.29 is 14.8 Å². The molecule has 35 heavy (non-hydrogen) atoms. The zero-order valence-corrected chi connectivity index (χ0v) is 18.3. The van der Waals surface area contributed by atoms with Crippen LogP contribution >= 0.6 is 0 Å². The Labute approximate surface area is 200 Å². The molecule has 1 heterocycles. The summed E-state index contributed by atoms with van der Waals surface area (Å²) in [6.45, 7) is 0. The van der Waals surface area contributed by atoms with Crippen molar-refractivity contribution in [2.45, 2.75) is 0 Å². The summed E-state index contributed by atoms with van der Waals surface area (Å²) >= 11 is 0. The molecule has 4 aromatic carbocycles. The van der Waals surface area contributed by atoms with E-state index >= 15 is 0 Å². The zero-order chi connectivity index (χ0) is 24.4. The van der Waals surface area contributed by atoms with E-state index in [1.807, 2.05) is 60.7 Å². The summed E-state index contributed by atoms with van der Waals surface area (Å²) in [5.74, 6) is -0.227. The molecule has 0 saturated heterocycles. The third kappa shape index (κ3) is 4.30. The molecular formula is C28H18N3O4-. The summed E-state index contributed by atoms with van der Waals surface area (Å²) in [6, 6.07) is 29.1. The fraction of sp³-hybridized carbons (Fsp3) is 0. The average molecular weight is 460 g/mol. The second kappa shape index (κ2) is 9.07. The van der Waals surface area contributed by atoms with E-state index in [2.05, 4.69) is 9.97 Å². The molecule has 0 aliphatic rings. The van der Waals surface area contributed by atoms with Crippen LogP contribution in [0, 0.1) is 10.1 Å². The van der Waals surface area contributed by atoms with Crippen LogP contribution < -0.4 is 5.11 Å². The normalized spacial score (nSPS) is 10.7. The van der Waals surface area contributed by atoms with Gasteiger partial charge in [-0.1, -0.05) is 96.7 Å². The lowest BCUT2D eigenvalue weighted by molar-refractivity contribution is -0.385. The van der Waals surface area contributed by atoms with Crippen molar-refractivity contribution in [2.24, 2.45) is 0 Å². The smallest absolute Gasteiger partial charge is 0.270 e. The molecule has 0 unspecified atom stereocenters. The number of benzene rings is 4. The van der Waals surface area contributed by atoms with Crippen LogP contribution in [0.5, 0.6) is 5.75 Å². The van der Waals surface area contributed by atoms with E-state index in [0.717, 1.165) is 11.1 Å². The Bertz CT molecular complexity index is 1530. The van der Waals surface area contributed by atoms with Crippen LogP contribution in [0.2, 0.25) is 0 Å². The monoisotopic (exact) mass is 460 g/mol. The van der Waals surface area contributed by atoms with Gasteiger partial charge in [-0.3, -0.25) is 14.9 Å². The number of carbonyl (C=O) groups excluding carboxylic acids is 1. The maximum absolute atomic E-state index is 12.8. The molecule has 0 saturated carbocycles. The van der Waals surface area contributed by atoms with Gasteiger partial charge in [0.2, 0.25) is 0 Å². The van der Waals surface area contributed by atoms with E-state index in [-0.39, 0.29) is 28.6 Å². The molecule has 7 nitrogen and oxygen atoms in total. The zero-order valence-electron chi connectivity index (χ0n) is 18.3. The van der Waals surface area contributed by atoms with Gasteiger partial charge in [0.05, 0.1) is 16.3 Å². The van der Waals surface area contributed by atoms with Crippen molar-refractivity contribution in [1.82, 2.24) is 9.97 Å². The van der Waals surface area contributed by atoms with E-state index in [1.54, 1.807) is 24.3 Å². The van der Waals surface area contributed by atoms with Crippen molar-refractivity contribution in [3.05, 3.63) is 124 Å². The highest BCUT2D eigenvalue weighted by Gasteiger charge is 2.18. The number of aromatic nitrogens is 2. The average Bonchev–Trinajstić information content (AvgIpc) is 3.35. The summed E-state index contributed by atoms with van der Waals surface area (Å²) in [5, 5.41) is 23.8. The number of ketones is 1. The fourth-order valence-electron chi connectivity index (χ4n) is 3.88. The van der Waals surface area contributed by atoms with Crippen molar-refractivity contribution in [3.8, 4) is 39.7 Å². The molecule has 7 heteroatoms. The highest BCUT2D eigenvalue weighted by atomic mass is 16.6. The van der Waals surface area contributed by atoms with Crippen LogP contribution in [0.3, 0.4) is 0 Å². The first kappa shape index (κ1) is 21.8. The lowest BCUT2D eigenvalue weighted by Gasteiger charge is -2.10. The second-order valence-electron chi connectivity index (χ2n) is 7.89. The van der Waals surface area contributed by atoms with Crippen LogP contribution in [-0.2, 0) is 0 Å². The van der Waals surface area contributed by atoms with Gasteiger partial charge in [-0.15, -0.1) is 0 Å². The first-order valence-corrected chi connectivity index (χ1v) is 10.8. The number of nitrogens with one attached hydrogen (secondary N) is 1. The van der Waals surface area contributed by atoms with Gasteiger partial charge < -0.3 is 10.1 Å². The van der Waals surface area contributed by atoms with Gasteiger partial charge in [0, 0.05) is 39.9 Å². The van der Waals surface area contributed by atoms with Crippen LogP contribution in [-0.4, -0.2) is 20.7 Å². The second-order valence-corrected chi connectivity index (χ2v) is 7.89. The van der Waals surface area contributed by atoms with Crippen LogP contribution in [0.4, 0.5) is 5.69 Å². The Hall–Kier alpha value is -5.04. The van der Waals surface area contributed by atoms with Gasteiger partial charge in [-0.05, 0) is 0 Å². The van der Waals surface area contributed by atoms with Crippen molar-refractivity contribution in [2.75, 3.05) is 0 Å². The largest absolute Gasteiger partial charge is 0.872 e. The summed E-state index contributed by atoms with van der Waals surface area (Å²) in [5.41, 5.74) is 3.85. The molecule has 0 spiro atoms. The summed E-state index contributed by atoms with van der Waals surface area (Å²) in [4.78, 5) is 31.3. The van der Waals surface area contributed by atoms with Crippen LogP contribution in [0.15, 0.2) is 103 Å². The predicted octanol–water partition coefficient (Wildman–Crippen LogP) is 5.62. The molecule has 1 aromatic heterocycles. The van der Waals surface area contributed by atoms with E-state index in [0.29, 0.717) is 22.5 Å². The first-order chi connectivity index (χ1) is 17.0. The Morgan fingerprint density at radius 3 is 2.06 bits per heavy atom. The standard InChI is InChI=1S/C28H19N3O4/c32-24-16-15-22(31(34)35)17-23(24)28-29-25(18-7-3-1-4-8-18)26(30-28)19-11-13-21(14-12-19)27(33)20-9-5-2-6-10-20/h1-17,32H,(H,29,30)/p-1. The molecule has 0 fully saturated rings. The Morgan fingerprint density at radius 1 is 0.771 bits per heavy atom. The lowest BCUT2D eigenvalue weighted by atomic mass is 10.00. The summed E-state index contributed by atoms with van der Waals surface area (Å²) < 4.78 is 0. The topological polar surface area (TPSA) is 112 Å². The van der Waals surface area contributed by atoms with E-state index in [1.165, 1.54) is 18.2 Å². The Balaban J connectivity index is 1.60. The van der Waals surface area contributed by atoms with E-state index < -0.39 is 4.92 Å². The molecule has 0 amide bonds. The molecular weight excluding hydrogens is 442 g/mol. The fourth-order valence-corrected chi connectivity index (χ4v) is 3.88. The molecule has 0 radical (unpaired) electrons. The molecule has 5 rings (SSSR count). The number of rotatable bonds is 6. The van der Waals surface area contributed by atoms with E-state index in [9.17, 15) is 20.0 Å². The molecule has 1 N–H and O–H groups in total. The number of carbonyl (C=O) groups is 1. The van der Waals surface area contributed by atoms with Gasteiger partial charge in [0.15, 0.2) is 5.78 Å². The van der Waals surface area contributed by atoms with Gasteiger partial charge in [0.1, 0.15) is 5.82 Å². The molecule has 170 valence electrons. The van der Waals surface area contributed by atoms with Gasteiger partial charge in [-0.2, -0.15) is 0 Å².